The van der Waals surface area contributed by atoms with Gasteiger partial charge in [-0.1, -0.05) is 113 Å². The summed E-state index contributed by atoms with van der Waals surface area (Å²) >= 11 is 3.70. The minimum Gasteiger partial charge on any atom is -0.244 e. The van der Waals surface area contributed by atoms with Crippen LogP contribution >= 0.6 is 15.9 Å². The Morgan fingerprint density at radius 1 is 0.455 bits per heavy atom. The smallest absolute Gasteiger partial charge is 0.0984 e. The van der Waals surface area contributed by atoms with Crippen LogP contribution in [0, 0.1) is 0 Å². The van der Waals surface area contributed by atoms with E-state index in [9.17, 15) is 0 Å². The summed E-state index contributed by atoms with van der Waals surface area (Å²) in [6, 6.07) is 39.8. The molecular formula is C30H19BrN2. The number of rotatable bonds is 3. The molecule has 1 heterocycles. The second-order valence-electron chi connectivity index (χ2n) is 7.99. The van der Waals surface area contributed by atoms with Gasteiger partial charge in [0.2, 0.25) is 0 Å². The normalized spacial score (nSPS) is 11.2. The fourth-order valence-electron chi connectivity index (χ4n) is 4.33. The van der Waals surface area contributed by atoms with Crippen molar-refractivity contribution in [3.63, 3.8) is 0 Å². The van der Waals surface area contributed by atoms with Crippen LogP contribution < -0.4 is 0 Å². The highest BCUT2D eigenvalue weighted by atomic mass is 79.9. The lowest BCUT2D eigenvalue weighted by Gasteiger charge is -2.13. The van der Waals surface area contributed by atoms with E-state index in [1.165, 1.54) is 21.9 Å². The Hall–Kier alpha value is -3.82. The van der Waals surface area contributed by atoms with E-state index in [4.69, 9.17) is 9.97 Å². The maximum Gasteiger partial charge on any atom is 0.0984 e. The predicted octanol–water partition coefficient (Wildman–Crippen LogP) is 8.55. The largest absolute Gasteiger partial charge is 0.244 e. The number of hydrogen-bond donors (Lipinski definition) is 0. The van der Waals surface area contributed by atoms with Gasteiger partial charge in [-0.05, 0) is 40.1 Å². The molecule has 0 aliphatic heterocycles. The summed E-state index contributed by atoms with van der Waals surface area (Å²) in [5.74, 6) is 0. The van der Waals surface area contributed by atoms with Crippen LogP contribution in [-0.4, -0.2) is 9.97 Å². The van der Waals surface area contributed by atoms with E-state index in [2.05, 4.69) is 88.7 Å². The Kier molecular flexibility index (Phi) is 4.97. The summed E-state index contributed by atoms with van der Waals surface area (Å²) in [7, 11) is 0. The number of aromatic nitrogens is 2. The van der Waals surface area contributed by atoms with Crippen LogP contribution in [0.25, 0.3) is 55.4 Å². The summed E-state index contributed by atoms with van der Waals surface area (Å²) in [5, 5.41) is 2.50. The van der Waals surface area contributed by atoms with Crippen LogP contribution in [-0.2, 0) is 0 Å². The predicted molar refractivity (Wildman–Crippen MR) is 141 cm³/mol. The van der Waals surface area contributed by atoms with Crippen LogP contribution in [0.4, 0.5) is 0 Å². The summed E-state index contributed by atoms with van der Waals surface area (Å²) in [6.45, 7) is 0. The number of benzene rings is 5. The first kappa shape index (κ1) is 19.8. The minimum atomic E-state index is 0.874. The molecule has 0 aliphatic carbocycles. The Labute approximate surface area is 200 Å². The fourth-order valence-corrected chi connectivity index (χ4v) is 4.80. The fraction of sp³-hybridized carbons (Fsp3) is 0. The molecule has 6 rings (SSSR count). The van der Waals surface area contributed by atoms with Gasteiger partial charge in [0.25, 0.3) is 0 Å². The van der Waals surface area contributed by atoms with E-state index >= 15 is 0 Å². The maximum atomic E-state index is 5.03. The van der Waals surface area contributed by atoms with Gasteiger partial charge in [-0.3, -0.25) is 0 Å². The van der Waals surface area contributed by atoms with Gasteiger partial charge in [0.1, 0.15) is 0 Å². The average molecular weight is 487 g/mol. The van der Waals surface area contributed by atoms with E-state index in [0.717, 1.165) is 38.0 Å². The minimum absolute atomic E-state index is 0.874. The van der Waals surface area contributed by atoms with Crippen molar-refractivity contribution in [1.29, 1.82) is 0 Å². The van der Waals surface area contributed by atoms with Gasteiger partial charge < -0.3 is 0 Å². The first-order valence-electron chi connectivity index (χ1n) is 10.9. The van der Waals surface area contributed by atoms with Crippen molar-refractivity contribution >= 4 is 37.7 Å². The Morgan fingerprint density at radius 2 is 1.03 bits per heavy atom. The van der Waals surface area contributed by atoms with Crippen LogP contribution in [0.5, 0.6) is 0 Å². The zero-order valence-electron chi connectivity index (χ0n) is 17.7. The van der Waals surface area contributed by atoms with E-state index in [1.807, 2.05) is 42.5 Å². The quantitative estimate of drug-likeness (QED) is 0.250. The van der Waals surface area contributed by atoms with Crippen LogP contribution in [0.2, 0.25) is 0 Å². The Bertz CT molecular complexity index is 1620. The van der Waals surface area contributed by atoms with Gasteiger partial charge >= 0.3 is 0 Å². The second kappa shape index (κ2) is 8.27. The molecule has 5 aromatic carbocycles. The molecule has 0 atom stereocenters. The third kappa shape index (κ3) is 3.61. The number of hydrogen-bond acceptors (Lipinski definition) is 2. The van der Waals surface area contributed by atoms with Gasteiger partial charge in [-0.15, -0.1) is 0 Å². The van der Waals surface area contributed by atoms with Gasteiger partial charge in [0, 0.05) is 15.6 Å². The van der Waals surface area contributed by atoms with Crippen molar-refractivity contribution in [1.82, 2.24) is 9.97 Å². The molecule has 2 nitrogen and oxygen atoms in total. The lowest BCUT2D eigenvalue weighted by Crippen LogP contribution is -1.96. The molecule has 0 unspecified atom stereocenters. The van der Waals surface area contributed by atoms with E-state index in [-0.39, 0.29) is 0 Å². The van der Waals surface area contributed by atoms with Gasteiger partial charge in [0.15, 0.2) is 0 Å². The van der Waals surface area contributed by atoms with Crippen LogP contribution in [0.15, 0.2) is 120 Å². The molecule has 33 heavy (non-hydrogen) atoms. The Balaban J connectivity index is 1.52. The highest BCUT2D eigenvalue weighted by Gasteiger charge is 2.15. The standard InChI is InChI=1S/C30H19BrN2/c31-26-13-4-3-11-25(26)30-29(32-27-14-5-6-15-28(27)33-30)22-18-16-21(17-19-22)24-12-7-9-20-8-1-2-10-23(20)24/h1-19H. The number of halogens is 1. The third-order valence-corrected chi connectivity index (χ3v) is 6.65. The molecule has 0 radical (unpaired) electrons. The third-order valence-electron chi connectivity index (χ3n) is 5.96. The summed E-state index contributed by atoms with van der Waals surface area (Å²) in [4.78, 5) is 10.0. The molecule has 0 aliphatic rings. The summed E-state index contributed by atoms with van der Waals surface area (Å²) < 4.78 is 1.00. The van der Waals surface area contributed by atoms with Crippen molar-refractivity contribution in [2.45, 2.75) is 0 Å². The average Bonchev–Trinajstić information content (AvgIpc) is 2.88. The molecule has 0 saturated heterocycles. The van der Waals surface area contributed by atoms with Crippen molar-refractivity contribution in [2.24, 2.45) is 0 Å². The molecule has 3 heteroatoms. The van der Waals surface area contributed by atoms with Crippen molar-refractivity contribution in [3.05, 3.63) is 120 Å². The van der Waals surface area contributed by atoms with E-state index < -0.39 is 0 Å². The monoisotopic (exact) mass is 486 g/mol. The van der Waals surface area contributed by atoms with Gasteiger partial charge in [0.05, 0.1) is 22.4 Å². The molecule has 156 valence electrons. The first-order chi connectivity index (χ1) is 16.3. The maximum absolute atomic E-state index is 5.03. The molecule has 0 fully saturated rings. The molecule has 0 bridgehead atoms. The van der Waals surface area contributed by atoms with Crippen molar-refractivity contribution < 1.29 is 0 Å². The molecule has 0 saturated carbocycles. The van der Waals surface area contributed by atoms with E-state index in [1.54, 1.807) is 0 Å². The highest BCUT2D eigenvalue weighted by molar-refractivity contribution is 9.10. The van der Waals surface area contributed by atoms with Gasteiger partial charge in [-0.2, -0.15) is 0 Å². The SMILES string of the molecule is Brc1ccccc1-c1nc2ccccc2nc1-c1ccc(-c2cccc3ccccc23)cc1. The summed E-state index contributed by atoms with van der Waals surface area (Å²) in [6.07, 6.45) is 0. The lowest BCUT2D eigenvalue weighted by molar-refractivity contribution is 1.29. The molecular weight excluding hydrogens is 468 g/mol. The van der Waals surface area contributed by atoms with E-state index in [0.29, 0.717) is 0 Å². The number of para-hydroxylation sites is 2. The first-order valence-corrected chi connectivity index (χ1v) is 11.7. The zero-order valence-corrected chi connectivity index (χ0v) is 19.3. The van der Waals surface area contributed by atoms with Crippen LogP contribution in [0.1, 0.15) is 0 Å². The number of fused-ring (bicyclic) bond motifs is 2. The zero-order chi connectivity index (χ0) is 22.2. The summed E-state index contributed by atoms with van der Waals surface area (Å²) in [5.41, 5.74) is 8.03. The molecule has 6 aromatic rings. The van der Waals surface area contributed by atoms with Gasteiger partial charge in [-0.25, -0.2) is 9.97 Å². The lowest BCUT2D eigenvalue weighted by atomic mass is 9.96. The highest BCUT2D eigenvalue weighted by Crippen LogP contribution is 2.36. The molecule has 0 N–H and O–H groups in total. The second-order valence-corrected chi connectivity index (χ2v) is 8.85. The Morgan fingerprint density at radius 3 is 1.82 bits per heavy atom. The van der Waals surface area contributed by atoms with Crippen molar-refractivity contribution in [2.75, 3.05) is 0 Å². The molecule has 1 aromatic heterocycles. The molecule has 0 amide bonds. The number of nitrogens with zero attached hydrogens (tertiary/aromatic N) is 2. The van der Waals surface area contributed by atoms with Crippen LogP contribution in [0.3, 0.4) is 0 Å². The topological polar surface area (TPSA) is 25.8 Å². The molecule has 0 spiro atoms. The van der Waals surface area contributed by atoms with Crippen molar-refractivity contribution in [3.8, 4) is 33.6 Å².